The Labute approximate surface area is 99.4 Å². The van der Waals surface area contributed by atoms with E-state index in [9.17, 15) is 0 Å². The maximum Gasteiger partial charge on any atom is 0.0619 e. The molecule has 1 aliphatic heterocycles. The van der Waals surface area contributed by atoms with Gasteiger partial charge in [0.2, 0.25) is 0 Å². The fourth-order valence-electron chi connectivity index (χ4n) is 3.08. The molecule has 92 valence electrons. The van der Waals surface area contributed by atoms with Crippen molar-refractivity contribution in [2.75, 3.05) is 19.8 Å². The predicted molar refractivity (Wildman–Crippen MR) is 67.5 cm³/mol. The number of nitrogens with one attached hydrogen (secondary N) is 1. The molecular formula is C14H25NO. The van der Waals surface area contributed by atoms with Crippen molar-refractivity contribution in [1.29, 1.82) is 0 Å². The summed E-state index contributed by atoms with van der Waals surface area (Å²) in [5.74, 6) is 1.60. The van der Waals surface area contributed by atoms with Crippen LogP contribution in [0, 0.1) is 11.8 Å². The van der Waals surface area contributed by atoms with Crippen LogP contribution in [-0.2, 0) is 4.74 Å². The van der Waals surface area contributed by atoms with Gasteiger partial charge in [0.15, 0.2) is 0 Å². The van der Waals surface area contributed by atoms with E-state index in [1.807, 2.05) is 0 Å². The van der Waals surface area contributed by atoms with Gasteiger partial charge in [-0.2, -0.15) is 0 Å². The summed E-state index contributed by atoms with van der Waals surface area (Å²) in [5.41, 5.74) is 1.57. The zero-order valence-corrected chi connectivity index (χ0v) is 10.7. The van der Waals surface area contributed by atoms with E-state index in [1.54, 1.807) is 5.57 Å². The van der Waals surface area contributed by atoms with Gasteiger partial charge in [0, 0.05) is 12.6 Å². The van der Waals surface area contributed by atoms with Crippen LogP contribution in [0.25, 0.3) is 0 Å². The van der Waals surface area contributed by atoms with Crippen LogP contribution in [0.15, 0.2) is 11.6 Å². The van der Waals surface area contributed by atoms with Gasteiger partial charge in [-0.3, -0.25) is 0 Å². The first-order valence-corrected chi connectivity index (χ1v) is 6.72. The van der Waals surface area contributed by atoms with E-state index >= 15 is 0 Å². The molecule has 1 fully saturated rings. The predicted octanol–water partition coefficient (Wildman–Crippen LogP) is 2.75. The molecule has 2 nitrogen and oxygen atoms in total. The molecule has 2 aliphatic rings. The summed E-state index contributed by atoms with van der Waals surface area (Å²) in [6, 6.07) is 0.607. The minimum absolute atomic E-state index is 0.607. The SMILES string of the molecule is CC1=CC(C)CC(CNC2CCCOC2)C1. The maximum absolute atomic E-state index is 5.49. The lowest BCUT2D eigenvalue weighted by Gasteiger charge is -2.29. The number of ether oxygens (including phenoxy) is 1. The van der Waals surface area contributed by atoms with Gasteiger partial charge >= 0.3 is 0 Å². The van der Waals surface area contributed by atoms with Crippen molar-refractivity contribution in [2.24, 2.45) is 11.8 Å². The first-order valence-electron chi connectivity index (χ1n) is 6.72. The first-order chi connectivity index (χ1) is 7.74. The number of rotatable bonds is 3. The van der Waals surface area contributed by atoms with E-state index in [0.717, 1.165) is 25.0 Å². The molecule has 1 heterocycles. The standard InChI is InChI=1S/C14H25NO/c1-11-6-12(2)8-13(7-11)9-15-14-4-3-5-16-10-14/h6,11,13-15H,3-5,7-10H2,1-2H3. The van der Waals surface area contributed by atoms with Gasteiger partial charge in [-0.05, 0) is 51.0 Å². The van der Waals surface area contributed by atoms with Gasteiger partial charge in [-0.1, -0.05) is 18.6 Å². The monoisotopic (exact) mass is 223 g/mol. The quantitative estimate of drug-likeness (QED) is 0.743. The Bertz CT molecular complexity index is 243. The maximum atomic E-state index is 5.49. The van der Waals surface area contributed by atoms with Crippen molar-refractivity contribution >= 4 is 0 Å². The van der Waals surface area contributed by atoms with Crippen LogP contribution in [0.1, 0.15) is 39.5 Å². The second-order valence-corrected chi connectivity index (χ2v) is 5.62. The largest absolute Gasteiger partial charge is 0.380 e. The molecular weight excluding hydrogens is 198 g/mol. The van der Waals surface area contributed by atoms with E-state index in [-0.39, 0.29) is 0 Å². The van der Waals surface area contributed by atoms with Gasteiger partial charge in [0.25, 0.3) is 0 Å². The highest BCUT2D eigenvalue weighted by atomic mass is 16.5. The highest BCUT2D eigenvalue weighted by Gasteiger charge is 2.20. The molecule has 3 atom stereocenters. The highest BCUT2D eigenvalue weighted by molar-refractivity contribution is 5.06. The molecule has 0 bridgehead atoms. The van der Waals surface area contributed by atoms with Gasteiger partial charge < -0.3 is 10.1 Å². The van der Waals surface area contributed by atoms with E-state index in [0.29, 0.717) is 6.04 Å². The highest BCUT2D eigenvalue weighted by Crippen LogP contribution is 2.27. The smallest absolute Gasteiger partial charge is 0.0619 e. The van der Waals surface area contributed by atoms with Crippen molar-refractivity contribution in [2.45, 2.75) is 45.6 Å². The van der Waals surface area contributed by atoms with Crippen LogP contribution in [0.4, 0.5) is 0 Å². The normalized spacial score (nSPS) is 35.9. The molecule has 2 heteroatoms. The van der Waals surface area contributed by atoms with E-state index in [4.69, 9.17) is 4.74 Å². The zero-order valence-electron chi connectivity index (χ0n) is 10.7. The lowest BCUT2D eigenvalue weighted by atomic mass is 9.83. The van der Waals surface area contributed by atoms with Gasteiger partial charge in [-0.15, -0.1) is 0 Å². The van der Waals surface area contributed by atoms with Crippen LogP contribution in [0.3, 0.4) is 0 Å². The van der Waals surface area contributed by atoms with Crippen molar-refractivity contribution < 1.29 is 4.74 Å². The molecule has 16 heavy (non-hydrogen) atoms. The molecule has 1 N–H and O–H groups in total. The Morgan fingerprint density at radius 1 is 1.50 bits per heavy atom. The van der Waals surface area contributed by atoms with Crippen LogP contribution in [0.5, 0.6) is 0 Å². The van der Waals surface area contributed by atoms with E-state index < -0.39 is 0 Å². The lowest BCUT2D eigenvalue weighted by Crippen LogP contribution is -2.40. The summed E-state index contributed by atoms with van der Waals surface area (Å²) >= 11 is 0. The van der Waals surface area contributed by atoms with E-state index in [1.165, 1.54) is 32.2 Å². The van der Waals surface area contributed by atoms with Crippen LogP contribution < -0.4 is 5.32 Å². The summed E-state index contributed by atoms with van der Waals surface area (Å²) in [4.78, 5) is 0. The van der Waals surface area contributed by atoms with Crippen molar-refractivity contribution in [3.63, 3.8) is 0 Å². The molecule has 3 unspecified atom stereocenters. The fraction of sp³-hybridized carbons (Fsp3) is 0.857. The Hall–Kier alpha value is -0.340. The second-order valence-electron chi connectivity index (χ2n) is 5.62. The lowest BCUT2D eigenvalue weighted by molar-refractivity contribution is 0.0686. The topological polar surface area (TPSA) is 21.3 Å². The molecule has 0 amide bonds. The van der Waals surface area contributed by atoms with Crippen LogP contribution in [-0.4, -0.2) is 25.8 Å². The van der Waals surface area contributed by atoms with Gasteiger partial charge in [-0.25, -0.2) is 0 Å². The molecule has 0 aromatic carbocycles. The number of hydrogen-bond acceptors (Lipinski definition) is 2. The number of allylic oxidation sites excluding steroid dienone is 2. The van der Waals surface area contributed by atoms with Crippen LogP contribution in [0.2, 0.25) is 0 Å². The van der Waals surface area contributed by atoms with Crippen molar-refractivity contribution in [3.8, 4) is 0 Å². The molecule has 2 rings (SSSR count). The van der Waals surface area contributed by atoms with Gasteiger partial charge in [0.05, 0.1) is 6.61 Å². The summed E-state index contributed by atoms with van der Waals surface area (Å²) in [7, 11) is 0. The molecule has 0 aromatic rings. The van der Waals surface area contributed by atoms with Gasteiger partial charge in [0.1, 0.15) is 0 Å². The Morgan fingerprint density at radius 2 is 2.38 bits per heavy atom. The molecule has 0 radical (unpaired) electrons. The summed E-state index contributed by atoms with van der Waals surface area (Å²) in [6.45, 7) is 7.65. The summed E-state index contributed by atoms with van der Waals surface area (Å²) in [5, 5.41) is 3.68. The third-order valence-corrected chi connectivity index (χ3v) is 3.74. The average Bonchev–Trinajstić information content (AvgIpc) is 2.27. The minimum atomic E-state index is 0.607. The molecule has 1 aliphatic carbocycles. The molecule has 0 aromatic heterocycles. The third-order valence-electron chi connectivity index (χ3n) is 3.74. The Morgan fingerprint density at radius 3 is 3.06 bits per heavy atom. The van der Waals surface area contributed by atoms with Crippen molar-refractivity contribution in [3.05, 3.63) is 11.6 Å². The Kier molecular flexibility index (Phi) is 4.42. The minimum Gasteiger partial charge on any atom is -0.380 e. The average molecular weight is 223 g/mol. The third kappa shape index (κ3) is 3.60. The Balaban J connectivity index is 1.71. The molecule has 1 saturated heterocycles. The van der Waals surface area contributed by atoms with Crippen LogP contribution >= 0.6 is 0 Å². The molecule has 0 spiro atoms. The van der Waals surface area contributed by atoms with E-state index in [2.05, 4.69) is 25.2 Å². The summed E-state index contributed by atoms with van der Waals surface area (Å²) in [6.07, 6.45) is 7.57. The van der Waals surface area contributed by atoms with Crippen molar-refractivity contribution in [1.82, 2.24) is 5.32 Å². The fourth-order valence-corrected chi connectivity index (χ4v) is 3.08. The summed E-state index contributed by atoms with van der Waals surface area (Å²) < 4.78 is 5.49. The molecule has 0 saturated carbocycles. The first kappa shape index (κ1) is 12.1. The number of hydrogen-bond donors (Lipinski definition) is 1. The zero-order chi connectivity index (χ0) is 11.4. The second kappa shape index (κ2) is 5.83.